The van der Waals surface area contributed by atoms with Gasteiger partial charge in [-0.1, -0.05) is 13.8 Å². The zero-order valence-corrected chi connectivity index (χ0v) is 11.5. The van der Waals surface area contributed by atoms with Gasteiger partial charge in [0.15, 0.2) is 0 Å². The first-order chi connectivity index (χ1) is 7.75. The number of anilines is 1. The molecule has 1 aromatic rings. The molecule has 0 bridgehead atoms. The van der Waals surface area contributed by atoms with Gasteiger partial charge >= 0.3 is 0 Å². The third kappa shape index (κ3) is 3.19. The molecule has 0 amide bonds. The fourth-order valence-corrected chi connectivity index (χ4v) is 2.59. The molecule has 1 heterocycles. The average Bonchev–Trinajstić information content (AvgIpc) is 2.58. The lowest BCUT2D eigenvalue weighted by Crippen LogP contribution is -2.28. The third-order valence-electron chi connectivity index (χ3n) is 2.26. The Labute approximate surface area is 102 Å². The maximum absolute atomic E-state index is 11.9. The van der Waals surface area contributed by atoms with Gasteiger partial charge in [-0.2, -0.15) is 5.10 Å². The second-order valence-corrected chi connectivity index (χ2v) is 6.41. The van der Waals surface area contributed by atoms with E-state index in [1.807, 2.05) is 27.7 Å². The van der Waals surface area contributed by atoms with Crippen LogP contribution in [0.25, 0.3) is 0 Å². The van der Waals surface area contributed by atoms with Gasteiger partial charge < -0.3 is 5.73 Å². The van der Waals surface area contributed by atoms with Crippen LogP contribution in [0.5, 0.6) is 0 Å². The van der Waals surface area contributed by atoms with Crippen LogP contribution in [-0.4, -0.2) is 24.7 Å². The van der Waals surface area contributed by atoms with Crippen LogP contribution in [0, 0.1) is 5.92 Å². The first-order valence-electron chi connectivity index (χ1n) is 5.58. The van der Waals surface area contributed by atoms with E-state index in [2.05, 4.69) is 9.82 Å². The van der Waals surface area contributed by atoms with Crippen molar-refractivity contribution in [3.05, 3.63) is 6.20 Å². The molecule has 0 aliphatic carbocycles. The van der Waals surface area contributed by atoms with Gasteiger partial charge in [-0.15, -0.1) is 0 Å². The number of rotatable bonds is 5. The molecule has 0 aliphatic heterocycles. The Morgan fingerprint density at radius 3 is 2.41 bits per heavy atom. The molecule has 98 valence electrons. The number of sulfonamides is 1. The molecule has 6 nitrogen and oxygen atoms in total. The van der Waals surface area contributed by atoms with Crippen molar-refractivity contribution < 1.29 is 8.42 Å². The predicted octanol–water partition coefficient (Wildman–Crippen LogP) is 0.980. The largest absolute Gasteiger partial charge is 0.383 e. The molecule has 0 radical (unpaired) electrons. The summed E-state index contributed by atoms with van der Waals surface area (Å²) in [6.07, 6.45) is 1.29. The number of aromatic nitrogens is 2. The summed E-state index contributed by atoms with van der Waals surface area (Å²) >= 11 is 0. The quantitative estimate of drug-likeness (QED) is 0.825. The number of nitrogens with two attached hydrogens (primary N) is 1. The van der Waals surface area contributed by atoms with E-state index in [1.165, 1.54) is 10.9 Å². The van der Waals surface area contributed by atoms with Gasteiger partial charge in [0.25, 0.3) is 0 Å². The molecule has 0 unspecified atom stereocenters. The number of hydrogen-bond acceptors (Lipinski definition) is 4. The van der Waals surface area contributed by atoms with Crippen molar-refractivity contribution >= 4 is 15.8 Å². The Hall–Kier alpha value is -1.08. The molecule has 0 saturated carbocycles. The molecule has 0 atom stereocenters. The van der Waals surface area contributed by atoms with Crippen LogP contribution in [0.4, 0.5) is 5.82 Å². The predicted molar refractivity (Wildman–Crippen MR) is 67.1 cm³/mol. The Kier molecular flexibility index (Phi) is 4.16. The molecular weight excluding hydrogens is 240 g/mol. The monoisotopic (exact) mass is 260 g/mol. The summed E-state index contributed by atoms with van der Waals surface area (Å²) in [5.74, 6) is 0.419. The SMILES string of the molecule is CC(C)CNS(=O)(=O)c1cnn(C(C)C)c1N. The third-order valence-corrected chi connectivity index (χ3v) is 3.70. The summed E-state index contributed by atoms with van der Waals surface area (Å²) in [4.78, 5) is 0.0480. The molecule has 3 N–H and O–H groups in total. The molecule has 1 aromatic heterocycles. The fraction of sp³-hybridized carbons (Fsp3) is 0.700. The lowest BCUT2D eigenvalue weighted by Gasteiger charge is -2.10. The van der Waals surface area contributed by atoms with E-state index in [4.69, 9.17) is 5.73 Å². The van der Waals surface area contributed by atoms with Crippen molar-refractivity contribution in [1.29, 1.82) is 0 Å². The van der Waals surface area contributed by atoms with Gasteiger partial charge in [-0.25, -0.2) is 17.8 Å². The zero-order valence-electron chi connectivity index (χ0n) is 10.6. The number of nitrogens with one attached hydrogen (secondary N) is 1. The van der Waals surface area contributed by atoms with Crippen molar-refractivity contribution in [2.45, 2.75) is 38.6 Å². The molecule has 0 aromatic carbocycles. The molecule has 0 aliphatic rings. The number of nitrogens with zero attached hydrogens (tertiary/aromatic N) is 2. The smallest absolute Gasteiger partial charge is 0.245 e. The first-order valence-corrected chi connectivity index (χ1v) is 7.06. The van der Waals surface area contributed by atoms with E-state index in [0.717, 1.165) is 0 Å². The highest BCUT2D eigenvalue weighted by molar-refractivity contribution is 7.89. The Balaban J connectivity index is 3.00. The van der Waals surface area contributed by atoms with Gasteiger partial charge in [-0.3, -0.25) is 0 Å². The van der Waals surface area contributed by atoms with Gasteiger partial charge in [0.1, 0.15) is 10.7 Å². The van der Waals surface area contributed by atoms with Crippen LogP contribution >= 0.6 is 0 Å². The van der Waals surface area contributed by atoms with Crippen molar-refractivity contribution in [2.24, 2.45) is 5.92 Å². The van der Waals surface area contributed by atoms with Gasteiger partial charge in [0, 0.05) is 12.6 Å². The maximum atomic E-state index is 11.9. The molecule has 17 heavy (non-hydrogen) atoms. The fourth-order valence-electron chi connectivity index (χ4n) is 1.33. The topological polar surface area (TPSA) is 90.0 Å². The lowest BCUT2D eigenvalue weighted by molar-refractivity contribution is 0.539. The summed E-state index contributed by atoms with van der Waals surface area (Å²) in [6, 6.07) is 0.0315. The Morgan fingerprint density at radius 1 is 1.41 bits per heavy atom. The molecule has 0 spiro atoms. The van der Waals surface area contributed by atoms with Crippen molar-refractivity contribution in [3.63, 3.8) is 0 Å². The van der Waals surface area contributed by atoms with Crippen molar-refractivity contribution in [2.75, 3.05) is 12.3 Å². The molecule has 1 rings (SSSR count). The highest BCUT2D eigenvalue weighted by Gasteiger charge is 2.22. The van der Waals surface area contributed by atoms with Gasteiger partial charge in [0.05, 0.1) is 6.20 Å². The highest BCUT2D eigenvalue weighted by atomic mass is 32.2. The first kappa shape index (κ1) is 14.0. The van der Waals surface area contributed by atoms with Crippen LogP contribution < -0.4 is 10.5 Å². The second kappa shape index (κ2) is 5.05. The van der Waals surface area contributed by atoms with E-state index >= 15 is 0 Å². The van der Waals surface area contributed by atoms with Crippen molar-refractivity contribution in [1.82, 2.24) is 14.5 Å². The van der Waals surface area contributed by atoms with E-state index in [-0.39, 0.29) is 22.7 Å². The summed E-state index contributed by atoms with van der Waals surface area (Å²) in [5, 5.41) is 3.98. The van der Waals surface area contributed by atoms with Crippen LogP contribution in [0.1, 0.15) is 33.7 Å². The minimum absolute atomic E-state index is 0.0315. The normalized spacial score (nSPS) is 12.6. The van der Waals surface area contributed by atoms with Crippen LogP contribution in [0.3, 0.4) is 0 Å². The summed E-state index contributed by atoms with van der Waals surface area (Å²) in [5.41, 5.74) is 5.78. The molecule has 0 fully saturated rings. The second-order valence-electron chi connectivity index (χ2n) is 4.68. The Bertz CT molecular complexity index is 476. The van der Waals surface area contributed by atoms with E-state index in [0.29, 0.717) is 6.54 Å². The minimum atomic E-state index is -3.56. The van der Waals surface area contributed by atoms with Crippen molar-refractivity contribution in [3.8, 4) is 0 Å². The lowest BCUT2D eigenvalue weighted by atomic mass is 10.2. The molecule has 7 heteroatoms. The maximum Gasteiger partial charge on any atom is 0.245 e. The van der Waals surface area contributed by atoms with E-state index in [1.54, 1.807) is 0 Å². The Morgan fingerprint density at radius 2 is 2.00 bits per heavy atom. The number of nitrogen functional groups attached to an aromatic ring is 1. The van der Waals surface area contributed by atoms with E-state index < -0.39 is 10.0 Å². The zero-order chi connectivity index (χ0) is 13.2. The highest BCUT2D eigenvalue weighted by Crippen LogP contribution is 2.20. The summed E-state index contributed by atoms with van der Waals surface area (Å²) < 4.78 is 27.9. The summed E-state index contributed by atoms with van der Waals surface area (Å²) in [7, 11) is -3.56. The minimum Gasteiger partial charge on any atom is -0.383 e. The molecule has 0 saturated heterocycles. The van der Waals surface area contributed by atoms with Crippen LogP contribution in [-0.2, 0) is 10.0 Å². The summed E-state index contributed by atoms with van der Waals surface area (Å²) in [6.45, 7) is 8.03. The standard InChI is InChI=1S/C10H20N4O2S/c1-7(2)5-13-17(15,16)9-6-12-14(8(3)4)10(9)11/h6-8,13H,5,11H2,1-4H3. The van der Waals surface area contributed by atoms with Crippen LogP contribution in [0.2, 0.25) is 0 Å². The number of hydrogen-bond donors (Lipinski definition) is 2. The molecular formula is C10H20N4O2S. The average molecular weight is 260 g/mol. The van der Waals surface area contributed by atoms with E-state index in [9.17, 15) is 8.42 Å². The van der Waals surface area contributed by atoms with Crippen LogP contribution in [0.15, 0.2) is 11.1 Å². The van der Waals surface area contributed by atoms with Gasteiger partial charge in [0.2, 0.25) is 10.0 Å². The van der Waals surface area contributed by atoms with Gasteiger partial charge in [-0.05, 0) is 19.8 Å².